The van der Waals surface area contributed by atoms with Gasteiger partial charge < -0.3 is 15.8 Å². The largest absolute Gasteiger partial charge is 0.381 e. The molecule has 3 N–H and O–H groups in total. The number of fused-ring (bicyclic) bond motifs is 6. The van der Waals surface area contributed by atoms with Gasteiger partial charge in [0, 0.05) is 55.1 Å². The molecule has 10 nitrogen and oxygen atoms in total. The van der Waals surface area contributed by atoms with Crippen LogP contribution in [0.25, 0.3) is 10.6 Å². The number of rotatable bonds is 3. The maximum absolute atomic E-state index is 13.3. The third kappa shape index (κ3) is 6.33. The standard InChI is InChI=1S/C27H32N6O4S/c28-24(35)13-17-3-1-5-19-14-18(7-10-29-19)27-31-22(16-38-27)26(36)30-21-15-33(20-8-11-37-12-9-20)32-25(21)23(34)6-2-4-17/h7,10,14-17,20H,1-6,8-9,11-13H2,(H2,28,35)(H,30,36). The average molecular weight is 537 g/mol. The molecular weight excluding hydrogens is 504 g/mol. The predicted molar refractivity (Wildman–Crippen MR) is 143 cm³/mol. The molecule has 0 radical (unpaired) electrons. The number of primary amides is 1. The van der Waals surface area contributed by atoms with Crippen LogP contribution >= 0.6 is 11.3 Å². The van der Waals surface area contributed by atoms with Crippen molar-refractivity contribution in [3.05, 3.63) is 47.0 Å². The first-order valence-corrected chi connectivity index (χ1v) is 14.0. The summed E-state index contributed by atoms with van der Waals surface area (Å²) in [5, 5.41) is 9.95. The number of nitrogens with two attached hydrogens (primary N) is 1. The summed E-state index contributed by atoms with van der Waals surface area (Å²) < 4.78 is 7.26. The van der Waals surface area contributed by atoms with E-state index in [-0.39, 0.29) is 47.4 Å². The molecule has 0 aromatic carbocycles. The lowest BCUT2D eigenvalue weighted by atomic mass is 9.91. The number of hydrogen-bond acceptors (Lipinski definition) is 8. The summed E-state index contributed by atoms with van der Waals surface area (Å²) in [4.78, 5) is 47.2. The maximum Gasteiger partial charge on any atom is 0.275 e. The van der Waals surface area contributed by atoms with Crippen molar-refractivity contribution in [1.29, 1.82) is 0 Å². The number of ether oxygens (including phenoxy) is 1. The van der Waals surface area contributed by atoms with E-state index in [0.29, 0.717) is 38.2 Å². The molecule has 5 heterocycles. The molecule has 0 aliphatic carbocycles. The van der Waals surface area contributed by atoms with Crippen molar-refractivity contribution >= 4 is 34.6 Å². The highest BCUT2D eigenvalue weighted by Crippen LogP contribution is 2.29. The van der Waals surface area contributed by atoms with E-state index < -0.39 is 0 Å². The fourth-order valence-electron chi connectivity index (χ4n) is 5.15. The van der Waals surface area contributed by atoms with Crippen LogP contribution < -0.4 is 11.1 Å². The van der Waals surface area contributed by atoms with Gasteiger partial charge in [-0.15, -0.1) is 11.3 Å². The Morgan fingerprint density at radius 2 is 1.95 bits per heavy atom. The van der Waals surface area contributed by atoms with E-state index in [9.17, 15) is 14.4 Å². The molecule has 2 aliphatic rings. The second kappa shape index (κ2) is 12.0. The van der Waals surface area contributed by atoms with Gasteiger partial charge in [0.1, 0.15) is 10.7 Å². The quantitative estimate of drug-likeness (QED) is 0.511. The van der Waals surface area contributed by atoms with Gasteiger partial charge in [-0.05, 0) is 63.0 Å². The minimum atomic E-state index is -0.384. The summed E-state index contributed by atoms with van der Waals surface area (Å²) in [6.45, 7) is 1.27. The summed E-state index contributed by atoms with van der Waals surface area (Å²) in [7, 11) is 0. The Morgan fingerprint density at radius 3 is 2.74 bits per heavy atom. The lowest BCUT2D eigenvalue weighted by Gasteiger charge is -2.22. The van der Waals surface area contributed by atoms with Crippen LogP contribution in [0.3, 0.4) is 0 Å². The molecule has 1 saturated heterocycles. The van der Waals surface area contributed by atoms with E-state index >= 15 is 0 Å². The number of aromatic nitrogens is 4. The number of nitrogens with one attached hydrogen (secondary N) is 1. The van der Waals surface area contributed by atoms with E-state index in [1.54, 1.807) is 22.5 Å². The third-order valence-electron chi connectivity index (χ3n) is 7.16. The number of carbonyl (C=O) groups is 3. The van der Waals surface area contributed by atoms with Crippen LogP contribution in [-0.2, 0) is 16.0 Å². The molecule has 1 unspecified atom stereocenters. The van der Waals surface area contributed by atoms with Gasteiger partial charge in [0.2, 0.25) is 5.91 Å². The monoisotopic (exact) mass is 536 g/mol. The van der Waals surface area contributed by atoms with Crippen LogP contribution in [0.4, 0.5) is 5.69 Å². The van der Waals surface area contributed by atoms with Gasteiger partial charge in [-0.3, -0.25) is 24.0 Å². The second-order valence-electron chi connectivity index (χ2n) is 9.99. The number of carbonyl (C=O) groups excluding carboxylic acids is 3. The van der Waals surface area contributed by atoms with E-state index in [4.69, 9.17) is 10.5 Å². The summed E-state index contributed by atoms with van der Waals surface area (Å²) in [6, 6.07) is 3.99. The van der Waals surface area contributed by atoms with Gasteiger partial charge in [-0.1, -0.05) is 0 Å². The second-order valence-corrected chi connectivity index (χ2v) is 10.8. The fourth-order valence-corrected chi connectivity index (χ4v) is 5.94. The topological polar surface area (TPSA) is 142 Å². The van der Waals surface area contributed by atoms with Gasteiger partial charge in [0.05, 0.1) is 11.7 Å². The van der Waals surface area contributed by atoms with Crippen LogP contribution in [0.2, 0.25) is 0 Å². The molecule has 11 heteroatoms. The summed E-state index contributed by atoms with van der Waals surface area (Å²) in [6.07, 6.45) is 9.41. The molecule has 1 fully saturated rings. The number of Topliss-reactive ketones (excluding diaryl/α,β-unsaturated/α-hetero) is 1. The van der Waals surface area contributed by atoms with E-state index in [0.717, 1.165) is 48.4 Å². The SMILES string of the molecule is NC(=O)CC1CCCC(=O)c2nn(C3CCOCC3)cc2NC(=O)c2csc(n2)-c2ccnc(c2)CCC1. The maximum atomic E-state index is 13.3. The highest BCUT2D eigenvalue weighted by Gasteiger charge is 2.25. The Balaban J connectivity index is 1.45. The average Bonchev–Trinajstić information content (AvgIpc) is 3.57. The number of hydrogen-bond donors (Lipinski definition) is 2. The number of pyridine rings is 1. The molecule has 38 heavy (non-hydrogen) atoms. The first-order valence-electron chi connectivity index (χ1n) is 13.2. The molecule has 0 saturated carbocycles. The zero-order valence-electron chi connectivity index (χ0n) is 21.2. The lowest BCUT2D eigenvalue weighted by Crippen LogP contribution is -2.20. The van der Waals surface area contributed by atoms with Crippen molar-refractivity contribution in [3.8, 4) is 10.6 Å². The molecule has 5 rings (SSSR count). The number of nitrogens with zero attached hydrogens (tertiary/aromatic N) is 4. The zero-order valence-corrected chi connectivity index (χ0v) is 22.0. The lowest BCUT2D eigenvalue weighted by molar-refractivity contribution is -0.119. The molecule has 3 aromatic heterocycles. The van der Waals surface area contributed by atoms with Crippen molar-refractivity contribution in [1.82, 2.24) is 19.7 Å². The minimum absolute atomic E-state index is 0.0999. The molecule has 200 valence electrons. The molecule has 2 amide bonds. The number of aryl methyl sites for hydroxylation is 1. The van der Waals surface area contributed by atoms with Gasteiger partial charge in [0.15, 0.2) is 11.5 Å². The Hall–Kier alpha value is -3.44. The molecular formula is C27H32N6O4S. The number of ketones is 1. The van der Waals surface area contributed by atoms with Crippen LogP contribution in [0.1, 0.15) is 84.1 Å². The van der Waals surface area contributed by atoms with Crippen molar-refractivity contribution < 1.29 is 19.1 Å². The molecule has 1 atom stereocenters. The van der Waals surface area contributed by atoms with Gasteiger partial charge >= 0.3 is 0 Å². The molecule has 4 bridgehead atoms. The first kappa shape index (κ1) is 26.2. The Labute approximate surface area is 225 Å². The van der Waals surface area contributed by atoms with Crippen LogP contribution in [0.5, 0.6) is 0 Å². The highest BCUT2D eigenvalue weighted by molar-refractivity contribution is 7.13. The fraction of sp³-hybridized carbons (Fsp3) is 0.481. The van der Waals surface area contributed by atoms with Crippen molar-refractivity contribution in [2.45, 2.75) is 63.8 Å². The van der Waals surface area contributed by atoms with Crippen molar-refractivity contribution in [2.24, 2.45) is 11.7 Å². The Kier molecular flexibility index (Phi) is 8.23. The van der Waals surface area contributed by atoms with E-state index in [1.165, 1.54) is 11.3 Å². The van der Waals surface area contributed by atoms with E-state index in [2.05, 4.69) is 20.4 Å². The summed E-state index contributed by atoms with van der Waals surface area (Å²) in [5.41, 5.74) is 8.29. The Bertz CT molecular complexity index is 1310. The minimum Gasteiger partial charge on any atom is -0.381 e. The predicted octanol–water partition coefficient (Wildman–Crippen LogP) is 4.19. The number of thiazole rings is 1. The molecule has 0 spiro atoms. The molecule has 3 aromatic rings. The number of anilines is 1. The summed E-state index contributed by atoms with van der Waals surface area (Å²) >= 11 is 1.39. The smallest absolute Gasteiger partial charge is 0.275 e. The highest BCUT2D eigenvalue weighted by atomic mass is 32.1. The van der Waals surface area contributed by atoms with Crippen molar-refractivity contribution in [3.63, 3.8) is 0 Å². The Morgan fingerprint density at radius 1 is 1.16 bits per heavy atom. The summed E-state index contributed by atoms with van der Waals surface area (Å²) in [5.74, 6) is -0.751. The van der Waals surface area contributed by atoms with Crippen molar-refractivity contribution in [2.75, 3.05) is 18.5 Å². The van der Waals surface area contributed by atoms with Crippen LogP contribution in [0, 0.1) is 5.92 Å². The van der Waals surface area contributed by atoms with E-state index in [1.807, 2.05) is 12.1 Å². The zero-order chi connectivity index (χ0) is 26.5. The molecule has 2 aliphatic heterocycles. The van der Waals surface area contributed by atoms with Gasteiger partial charge in [-0.25, -0.2) is 4.98 Å². The number of amides is 2. The normalized spacial score (nSPS) is 19.7. The van der Waals surface area contributed by atoms with Crippen LogP contribution in [0.15, 0.2) is 29.9 Å². The van der Waals surface area contributed by atoms with Gasteiger partial charge in [0.25, 0.3) is 5.91 Å². The third-order valence-corrected chi connectivity index (χ3v) is 8.05. The first-order chi connectivity index (χ1) is 18.5. The van der Waals surface area contributed by atoms with Crippen LogP contribution in [-0.4, -0.2) is 50.6 Å². The van der Waals surface area contributed by atoms with Gasteiger partial charge in [-0.2, -0.15) is 5.10 Å².